The summed E-state index contributed by atoms with van der Waals surface area (Å²) in [4.78, 5) is -0.0838. The number of benzene rings is 1. The Labute approximate surface area is 129 Å². The summed E-state index contributed by atoms with van der Waals surface area (Å²) in [5, 5.41) is 9.51. The molecular weight excluding hydrogens is 318 g/mol. The first-order chi connectivity index (χ1) is 9.97. The van der Waals surface area contributed by atoms with Gasteiger partial charge in [0.1, 0.15) is 10.6 Å². The summed E-state index contributed by atoms with van der Waals surface area (Å²) in [5.74, 6) is 0.0988. The normalized spacial score (nSPS) is 18.9. The number of nitrogens with one attached hydrogen (secondary N) is 1. The maximum absolute atomic E-state index is 12.4. The van der Waals surface area contributed by atoms with Crippen molar-refractivity contribution in [3.05, 3.63) is 22.7 Å². The second-order valence-electron chi connectivity index (χ2n) is 4.74. The molecule has 1 unspecified atom stereocenters. The highest BCUT2D eigenvalue weighted by Gasteiger charge is 2.25. The van der Waals surface area contributed by atoms with Gasteiger partial charge in [-0.05, 0) is 25.0 Å². The molecule has 1 aromatic rings. The Balaban J connectivity index is 2.27. The third-order valence-electron chi connectivity index (χ3n) is 3.29. The van der Waals surface area contributed by atoms with E-state index in [-0.39, 0.29) is 34.9 Å². The molecule has 2 rings (SSSR count). The molecule has 0 bridgehead atoms. The fourth-order valence-corrected chi connectivity index (χ4v) is 3.86. The van der Waals surface area contributed by atoms with E-state index < -0.39 is 10.0 Å². The molecule has 1 saturated heterocycles. The molecule has 1 aromatic carbocycles. The van der Waals surface area contributed by atoms with E-state index in [1.54, 1.807) is 0 Å². The van der Waals surface area contributed by atoms with Crippen LogP contribution in [0.5, 0.6) is 5.75 Å². The largest absolute Gasteiger partial charge is 0.495 e. The summed E-state index contributed by atoms with van der Waals surface area (Å²) in [5.41, 5.74) is 0.322. The highest BCUT2D eigenvalue weighted by molar-refractivity contribution is 7.89. The Bertz CT molecular complexity index is 599. The molecule has 0 spiro atoms. The van der Waals surface area contributed by atoms with E-state index in [1.807, 2.05) is 0 Å². The minimum Gasteiger partial charge on any atom is -0.495 e. The van der Waals surface area contributed by atoms with E-state index in [2.05, 4.69) is 4.72 Å². The predicted octanol–water partition coefficient (Wildman–Crippen LogP) is 1.30. The van der Waals surface area contributed by atoms with Crippen molar-refractivity contribution in [3.63, 3.8) is 0 Å². The Kier molecular flexibility index (Phi) is 5.45. The van der Waals surface area contributed by atoms with Crippen molar-refractivity contribution in [1.82, 2.24) is 4.72 Å². The minimum absolute atomic E-state index is 0.0838. The van der Waals surface area contributed by atoms with Crippen molar-refractivity contribution in [2.24, 2.45) is 0 Å². The molecule has 0 radical (unpaired) electrons. The van der Waals surface area contributed by atoms with Gasteiger partial charge in [-0.25, -0.2) is 13.1 Å². The molecule has 1 heterocycles. The molecule has 118 valence electrons. The average Bonchev–Trinajstić information content (AvgIpc) is 2.97. The first-order valence-corrected chi connectivity index (χ1v) is 8.42. The molecule has 1 aliphatic heterocycles. The van der Waals surface area contributed by atoms with Crippen LogP contribution in [0.1, 0.15) is 18.4 Å². The molecule has 1 atom stereocenters. The number of halogens is 1. The predicted molar refractivity (Wildman–Crippen MR) is 78.1 cm³/mol. The van der Waals surface area contributed by atoms with Crippen molar-refractivity contribution in [1.29, 1.82) is 0 Å². The van der Waals surface area contributed by atoms with E-state index in [9.17, 15) is 13.5 Å². The molecule has 0 saturated carbocycles. The number of hydrogen-bond donors (Lipinski definition) is 2. The molecule has 2 N–H and O–H groups in total. The fraction of sp³-hybridized carbons (Fsp3) is 0.538. The van der Waals surface area contributed by atoms with Crippen molar-refractivity contribution >= 4 is 21.6 Å². The lowest BCUT2D eigenvalue weighted by molar-refractivity contribution is 0.114. The van der Waals surface area contributed by atoms with Crippen LogP contribution in [0.25, 0.3) is 0 Å². The van der Waals surface area contributed by atoms with Crippen molar-refractivity contribution in [2.75, 3.05) is 20.3 Å². The number of ether oxygens (including phenoxy) is 2. The second kappa shape index (κ2) is 6.93. The van der Waals surface area contributed by atoms with Crippen LogP contribution in [-0.4, -0.2) is 39.9 Å². The van der Waals surface area contributed by atoms with Gasteiger partial charge < -0.3 is 14.6 Å². The lowest BCUT2D eigenvalue weighted by atomic mass is 10.2. The first-order valence-electron chi connectivity index (χ1n) is 6.56. The van der Waals surface area contributed by atoms with E-state index >= 15 is 0 Å². The summed E-state index contributed by atoms with van der Waals surface area (Å²) in [6, 6.07) is 2.77. The van der Waals surface area contributed by atoms with E-state index in [0.29, 0.717) is 12.2 Å². The molecular formula is C13H18ClNO5S. The van der Waals surface area contributed by atoms with Gasteiger partial charge in [0.25, 0.3) is 0 Å². The second-order valence-corrected chi connectivity index (χ2v) is 6.91. The summed E-state index contributed by atoms with van der Waals surface area (Å²) in [6.45, 7) is 0.492. The molecule has 1 aliphatic rings. The van der Waals surface area contributed by atoms with E-state index in [1.165, 1.54) is 19.2 Å². The smallest absolute Gasteiger partial charge is 0.244 e. The quantitative estimate of drug-likeness (QED) is 0.818. The van der Waals surface area contributed by atoms with Crippen molar-refractivity contribution in [2.45, 2.75) is 30.4 Å². The zero-order chi connectivity index (χ0) is 15.5. The fourth-order valence-electron chi connectivity index (χ4n) is 2.26. The van der Waals surface area contributed by atoms with Gasteiger partial charge in [0.05, 0.1) is 19.8 Å². The number of aliphatic hydroxyl groups is 1. The lowest BCUT2D eigenvalue weighted by Crippen LogP contribution is -2.32. The van der Waals surface area contributed by atoms with E-state index in [0.717, 1.165) is 12.8 Å². The van der Waals surface area contributed by atoms with E-state index in [4.69, 9.17) is 21.1 Å². The Morgan fingerprint density at radius 2 is 2.29 bits per heavy atom. The number of hydrogen-bond acceptors (Lipinski definition) is 5. The molecule has 0 amide bonds. The third-order valence-corrected chi connectivity index (χ3v) is 4.93. The van der Waals surface area contributed by atoms with Gasteiger partial charge in [0.2, 0.25) is 10.0 Å². The van der Waals surface area contributed by atoms with Gasteiger partial charge in [-0.3, -0.25) is 0 Å². The highest BCUT2D eigenvalue weighted by atomic mass is 35.5. The summed E-state index contributed by atoms with van der Waals surface area (Å²) < 4.78 is 37.8. The Morgan fingerprint density at radius 1 is 1.52 bits per heavy atom. The number of sulfonamides is 1. The van der Waals surface area contributed by atoms with Crippen molar-refractivity contribution < 1.29 is 23.0 Å². The molecule has 8 heteroatoms. The van der Waals surface area contributed by atoms with Crippen LogP contribution in [0.2, 0.25) is 5.02 Å². The van der Waals surface area contributed by atoms with Crippen LogP contribution in [0.3, 0.4) is 0 Å². The molecule has 21 heavy (non-hydrogen) atoms. The van der Waals surface area contributed by atoms with Gasteiger partial charge in [0.15, 0.2) is 0 Å². The minimum atomic E-state index is -3.80. The molecule has 0 aromatic heterocycles. The van der Waals surface area contributed by atoms with Crippen LogP contribution in [0, 0.1) is 0 Å². The molecule has 1 fully saturated rings. The van der Waals surface area contributed by atoms with Gasteiger partial charge >= 0.3 is 0 Å². The van der Waals surface area contributed by atoms with Gasteiger partial charge in [-0.1, -0.05) is 11.6 Å². The van der Waals surface area contributed by atoms with Gasteiger partial charge in [-0.15, -0.1) is 0 Å². The standard InChI is InChI=1S/C13H18ClNO5S/c1-19-13-9(8-16)5-10(14)6-12(13)21(17,18)15-7-11-3-2-4-20-11/h5-6,11,15-16H,2-4,7-8H2,1H3. The topological polar surface area (TPSA) is 84.9 Å². The number of aliphatic hydroxyl groups excluding tert-OH is 1. The van der Waals surface area contributed by atoms with Crippen LogP contribution < -0.4 is 9.46 Å². The lowest BCUT2D eigenvalue weighted by Gasteiger charge is -2.15. The first kappa shape index (κ1) is 16.5. The molecule has 0 aliphatic carbocycles. The van der Waals surface area contributed by atoms with Crippen LogP contribution in [0.15, 0.2) is 17.0 Å². The Hall–Kier alpha value is -0.860. The van der Waals surface area contributed by atoms with Crippen LogP contribution in [-0.2, 0) is 21.4 Å². The average molecular weight is 336 g/mol. The maximum atomic E-state index is 12.4. The number of methoxy groups -OCH3 is 1. The Morgan fingerprint density at radius 3 is 2.86 bits per heavy atom. The van der Waals surface area contributed by atoms with Crippen LogP contribution >= 0.6 is 11.6 Å². The zero-order valence-electron chi connectivity index (χ0n) is 11.6. The summed E-state index contributed by atoms with van der Waals surface area (Å²) in [6.07, 6.45) is 1.65. The maximum Gasteiger partial charge on any atom is 0.244 e. The highest BCUT2D eigenvalue weighted by Crippen LogP contribution is 2.31. The SMILES string of the molecule is COc1c(CO)cc(Cl)cc1S(=O)(=O)NCC1CCCO1. The molecule has 6 nitrogen and oxygen atoms in total. The van der Waals surface area contributed by atoms with Gasteiger partial charge in [0, 0.05) is 23.7 Å². The number of rotatable bonds is 6. The summed E-state index contributed by atoms with van der Waals surface area (Å²) >= 11 is 5.91. The zero-order valence-corrected chi connectivity index (χ0v) is 13.2. The van der Waals surface area contributed by atoms with Gasteiger partial charge in [-0.2, -0.15) is 0 Å². The van der Waals surface area contributed by atoms with Crippen LogP contribution in [0.4, 0.5) is 0 Å². The third kappa shape index (κ3) is 3.87. The monoisotopic (exact) mass is 335 g/mol. The van der Waals surface area contributed by atoms with Crippen molar-refractivity contribution in [3.8, 4) is 5.75 Å². The summed E-state index contributed by atoms with van der Waals surface area (Å²) in [7, 11) is -2.45.